The van der Waals surface area contributed by atoms with Gasteiger partial charge in [-0.1, -0.05) is 0 Å². The first kappa shape index (κ1) is 16.1. The fourth-order valence-corrected chi connectivity index (χ4v) is 3.88. The lowest BCUT2D eigenvalue weighted by Crippen LogP contribution is -2.38. The molecule has 0 aliphatic rings. The van der Waals surface area contributed by atoms with Gasteiger partial charge in [0, 0.05) is 10.5 Å². The molecule has 0 aliphatic heterocycles. The summed E-state index contributed by atoms with van der Waals surface area (Å²) >= 11 is 2.94. The van der Waals surface area contributed by atoms with Gasteiger partial charge in [-0.25, -0.2) is 0 Å². The van der Waals surface area contributed by atoms with E-state index in [0.29, 0.717) is 16.2 Å². The zero-order chi connectivity index (χ0) is 15.6. The van der Waals surface area contributed by atoms with E-state index >= 15 is 0 Å². The van der Waals surface area contributed by atoms with E-state index in [2.05, 4.69) is 5.32 Å². The predicted molar refractivity (Wildman–Crippen MR) is 86.2 cm³/mol. The third kappa shape index (κ3) is 3.51. The minimum atomic E-state index is -1.16. The van der Waals surface area contributed by atoms with Gasteiger partial charge >= 0.3 is 0 Å². The maximum Gasteiger partial charge on any atom is 0.262 e. The Bertz CT molecular complexity index is 643. The summed E-state index contributed by atoms with van der Waals surface area (Å²) in [6.45, 7) is 5.46. The van der Waals surface area contributed by atoms with Crippen molar-refractivity contribution < 1.29 is 14.3 Å². The molecule has 0 bridgehead atoms. The topological polar surface area (TPSA) is 62.5 Å². The second-order valence-corrected chi connectivity index (χ2v) is 6.87. The molecule has 0 spiro atoms. The van der Waals surface area contributed by atoms with Crippen LogP contribution in [0.5, 0.6) is 0 Å². The molecule has 2 aromatic heterocycles. The zero-order valence-electron chi connectivity index (χ0n) is 12.5. The molecule has 0 radical (unpaired) electrons. The van der Waals surface area contributed by atoms with Crippen LogP contribution in [0.3, 0.4) is 0 Å². The van der Waals surface area contributed by atoms with Crippen molar-refractivity contribution >= 4 is 29.0 Å². The van der Waals surface area contributed by atoms with Gasteiger partial charge in [0.05, 0.1) is 6.54 Å². The average molecular weight is 325 g/mol. The van der Waals surface area contributed by atoms with Crippen molar-refractivity contribution in [2.24, 2.45) is 0 Å². The first-order chi connectivity index (χ1) is 9.85. The Labute approximate surface area is 132 Å². The van der Waals surface area contributed by atoms with Gasteiger partial charge in [-0.2, -0.15) is 0 Å². The predicted octanol–water partition coefficient (Wildman–Crippen LogP) is 3.32. The Morgan fingerprint density at radius 2 is 2.24 bits per heavy atom. The number of thiophene rings is 1. The Morgan fingerprint density at radius 3 is 2.81 bits per heavy atom. The van der Waals surface area contributed by atoms with Crippen LogP contribution in [0.25, 0.3) is 0 Å². The number of rotatable bonds is 5. The smallest absolute Gasteiger partial charge is 0.262 e. The molecule has 2 heterocycles. The number of aryl methyl sites for hydroxylation is 2. The highest BCUT2D eigenvalue weighted by molar-refractivity contribution is 7.98. The first-order valence-corrected chi connectivity index (χ1v) is 8.65. The summed E-state index contributed by atoms with van der Waals surface area (Å²) in [5, 5.41) is 15.3. The number of hydrogen-bond acceptors (Lipinski definition) is 5. The quantitative estimate of drug-likeness (QED) is 0.828. The van der Waals surface area contributed by atoms with Crippen molar-refractivity contribution in [3.8, 4) is 0 Å². The second-order valence-electron chi connectivity index (χ2n) is 5.10. The molecule has 1 atom stereocenters. The molecule has 0 saturated carbocycles. The third-order valence-electron chi connectivity index (χ3n) is 3.27. The molecule has 1 unspecified atom stereocenters. The molecular formula is C15H19NO3S2. The minimum Gasteiger partial charge on any atom is -0.466 e. The number of furan rings is 1. The van der Waals surface area contributed by atoms with Crippen LogP contribution in [0.4, 0.5) is 0 Å². The van der Waals surface area contributed by atoms with Gasteiger partial charge < -0.3 is 14.8 Å². The van der Waals surface area contributed by atoms with E-state index in [9.17, 15) is 9.90 Å². The normalized spacial score (nSPS) is 14.0. The van der Waals surface area contributed by atoms with E-state index in [1.807, 2.05) is 31.5 Å². The molecule has 0 saturated heterocycles. The van der Waals surface area contributed by atoms with Crippen LogP contribution in [0.2, 0.25) is 0 Å². The number of carbonyl (C=O) groups excluding carboxylic acids is 1. The van der Waals surface area contributed by atoms with Crippen LogP contribution in [-0.4, -0.2) is 23.8 Å². The summed E-state index contributed by atoms with van der Waals surface area (Å²) in [5.41, 5.74) is -0.453. The van der Waals surface area contributed by atoms with Crippen LogP contribution in [0, 0.1) is 13.8 Å². The monoisotopic (exact) mass is 325 g/mol. The van der Waals surface area contributed by atoms with Gasteiger partial charge in [-0.05, 0) is 44.5 Å². The Hall–Kier alpha value is -1.24. The highest BCUT2D eigenvalue weighted by atomic mass is 32.2. The van der Waals surface area contributed by atoms with Gasteiger partial charge in [0.15, 0.2) is 0 Å². The van der Waals surface area contributed by atoms with Crippen LogP contribution in [-0.2, 0) is 5.60 Å². The van der Waals surface area contributed by atoms with Crippen LogP contribution >= 0.6 is 23.1 Å². The molecule has 1 amide bonds. The van der Waals surface area contributed by atoms with Crippen molar-refractivity contribution in [1.29, 1.82) is 0 Å². The zero-order valence-corrected chi connectivity index (χ0v) is 14.2. The van der Waals surface area contributed by atoms with E-state index < -0.39 is 5.60 Å². The van der Waals surface area contributed by atoms with E-state index in [4.69, 9.17) is 4.42 Å². The summed E-state index contributed by atoms with van der Waals surface area (Å²) in [6.07, 6.45) is 1.94. The Morgan fingerprint density at radius 1 is 1.52 bits per heavy atom. The summed E-state index contributed by atoms with van der Waals surface area (Å²) in [7, 11) is 0. The fraction of sp³-hybridized carbons (Fsp3) is 0.400. The number of nitrogens with one attached hydrogen (secondary N) is 1. The molecule has 2 rings (SSSR count). The highest BCUT2D eigenvalue weighted by Crippen LogP contribution is 2.28. The number of thioether (sulfide) groups is 1. The standard InChI is InChI=1S/C15H19NO3S2/c1-9-7-11(10(2)19-9)15(3,18)8-16-14(17)13-12(20-4)5-6-21-13/h5-7,18H,8H2,1-4H3,(H,16,17). The van der Waals surface area contributed by atoms with Crippen molar-refractivity contribution in [3.63, 3.8) is 0 Å². The molecule has 0 fully saturated rings. The summed E-state index contributed by atoms with van der Waals surface area (Å²) in [5.74, 6) is 1.26. The van der Waals surface area contributed by atoms with Gasteiger partial charge in [-0.15, -0.1) is 23.1 Å². The van der Waals surface area contributed by atoms with E-state index in [0.717, 1.165) is 10.7 Å². The largest absolute Gasteiger partial charge is 0.466 e. The molecule has 0 aliphatic carbocycles. The molecule has 6 heteroatoms. The highest BCUT2D eigenvalue weighted by Gasteiger charge is 2.28. The minimum absolute atomic E-state index is 0.136. The molecule has 2 N–H and O–H groups in total. The Kier molecular flexibility index (Phi) is 4.81. The molecule has 4 nitrogen and oxygen atoms in total. The third-order valence-corrected chi connectivity index (χ3v) is 5.09. The summed E-state index contributed by atoms with van der Waals surface area (Å²) in [4.78, 5) is 13.8. The fourth-order valence-electron chi connectivity index (χ4n) is 2.22. The number of hydrogen-bond donors (Lipinski definition) is 2. The van der Waals surface area contributed by atoms with E-state index in [-0.39, 0.29) is 12.5 Å². The average Bonchev–Trinajstić information content (AvgIpc) is 3.02. The lowest BCUT2D eigenvalue weighted by molar-refractivity contribution is 0.0514. The molecule has 21 heavy (non-hydrogen) atoms. The van der Waals surface area contributed by atoms with Gasteiger partial charge in [-0.3, -0.25) is 4.79 Å². The maximum atomic E-state index is 12.2. The summed E-state index contributed by atoms with van der Waals surface area (Å²) < 4.78 is 5.44. The summed E-state index contributed by atoms with van der Waals surface area (Å²) in [6, 6.07) is 3.73. The van der Waals surface area contributed by atoms with E-state index in [1.165, 1.54) is 23.1 Å². The number of aliphatic hydroxyl groups is 1. The molecular weight excluding hydrogens is 306 g/mol. The SMILES string of the molecule is CSc1ccsc1C(=O)NCC(C)(O)c1cc(C)oc1C. The van der Waals surface area contributed by atoms with Crippen LogP contribution in [0.15, 0.2) is 26.8 Å². The van der Waals surface area contributed by atoms with Crippen molar-refractivity contribution in [2.75, 3.05) is 12.8 Å². The van der Waals surface area contributed by atoms with Crippen LogP contribution in [0.1, 0.15) is 33.7 Å². The lowest BCUT2D eigenvalue weighted by atomic mass is 9.96. The maximum absolute atomic E-state index is 12.2. The van der Waals surface area contributed by atoms with Crippen molar-refractivity contribution in [2.45, 2.75) is 31.3 Å². The second kappa shape index (κ2) is 6.25. The molecule has 0 aromatic carbocycles. The molecule has 2 aromatic rings. The first-order valence-electron chi connectivity index (χ1n) is 6.54. The van der Waals surface area contributed by atoms with Gasteiger partial charge in [0.1, 0.15) is 22.0 Å². The van der Waals surface area contributed by atoms with Crippen molar-refractivity contribution in [3.05, 3.63) is 39.5 Å². The number of amides is 1. The molecule has 114 valence electrons. The van der Waals surface area contributed by atoms with Gasteiger partial charge in [0.25, 0.3) is 5.91 Å². The van der Waals surface area contributed by atoms with Crippen molar-refractivity contribution in [1.82, 2.24) is 5.32 Å². The lowest BCUT2D eigenvalue weighted by Gasteiger charge is -2.23. The van der Waals surface area contributed by atoms with Gasteiger partial charge in [0.2, 0.25) is 0 Å². The van der Waals surface area contributed by atoms with Crippen LogP contribution < -0.4 is 5.32 Å². The Balaban J connectivity index is 2.08. The number of carbonyl (C=O) groups is 1. The van der Waals surface area contributed by atoms with E-state index in [1.54, 1.807) is 13.0 Å².